The molecule has 116 valence electrons. The van der Waals surface area contributed by atoms with Crippen molar-refractivity contribution in [3.05, 3.63) is 11.7 Å². The highest BCUT2D eigenvalue weighted by atomic mass is 16.5. The number of ether oxygens (including phenoxy) is 1. The summed E-state index contributed by atoms with van der Waals surface area (Å²) in [6, 6.07) is 0.583. The van der Waals surface area contributed by atoms with Gasteiger partial charge < -0.3 is 14.6 Å². The van der Waals surface area contributed by atoms with Crippen molar-refractivity contribution >= 4 is 0 Å². The fourth-order valence-corrected chi connectivity index (χ4v) is 3.66. The minimum atomic E-state index is 0.183. The lowest BCUT2D eigenvalue weighted by Crippen LogP contribution is -2.57. The standard InChI is InChI=1S/C14H23N5O2/c1-2-15-11-9-20-8-10(11)14-16-13(17-21-14)12-7-18-3-5-19(12)6-4-18/h10-12,15H,2-9H2,1H3. The first kappa shape index (κ1) is 13.6. The van der Waals surface area contributed by atoms with Crippen molar-refractivity contribution in [2.75, 3.05) is 52.5 Å². The summed E-state index contributed by atoms with van der Waals surface area (Å²) in [5.74, 6) is 1.75. The molecule has 0 aromatic carbocycles. The molecule has 3 unspecified atom stereocenters. The molecule has 1 N–H and O–H groups in total. The van der Waals surface area contributed by atoms with E-state index in [1.165, 1.54) is 13.1 Å². The van der Waals surface area contributed by atoms with Crippen LogP contribution in [0.3, 0.4) is 0 Å². The van der Waals surface area contributed by atoms with E-state index >= 15 is 0 Å². The lowest BCUT2D eigenvalue weighted by Gasteiger charge is -2.46. The molecule has 4 fully saturated rings. The average molecular weight is 293 g/mol. The van der Waals surface area contributed by atoms with Crippen molar-refractivity contribution in [2.45, 2.75) is 24.9 Å². The summed E-state index contributed by atoms with van der Waals surface area (Å²) in [6.07, 6.45) is 0. The van der Waals surface area contributed by atoms with E-state index in [0.29, 0.717) is 12.6 Å². The van der Waals surface area contributed by atoms with Crippen LogP contribution in [0.1, 0.15) is 30.6 Å². The van der Waals surface area contributed by atoms with Gasteiger partial charge in [-0.2, -0.15) is 4.98 Å². The van der Waals surface area contributed by atoms with E-state index in [1.54, 1.807) is 0 Å². The molecule has 0 spiro atoms. The van der Waals surface area contributed by atoms with Gasteiger partial charge in [0.2, 0.25) is 5.89 Å². The van der Waals surface area contributed by atoms with Crippen LogP contribution in [-0.4, -0.2) is 78.5 Å². The fourth-order valence-electron chi connectivity index (χ4n) is 3.66. The second-order valence-electron chi connectivity index (χ2n) is 6.15. The highest BCUT2D eigenvalue weighted by Crippen LogP contribution is 2.30. The maximum atomic E-state index is 5.57. The van der Waals surface area contributed by atoms with Gasteiger partial charge in [0.05, 0.1) is 25.2 Å². The highest BCUT2D eigenvalue weighted by Gasteiger charge is 2.38. The lowest BCUT2D eigenvalue weighted by molar-refractivity contribution is 0.00781. The smallest absolute Gasteiger partial charge is 0.233 e. The maximum Gasteiger partial charge on any atom is 0.233 e. The van der Waals surface area contributed by atoms with E-state index in [9.17, 15) is 0 Å². The van der Waals surface area contributed by atoms with Crippen LogP contribution in [0.4, 0.5) is 0 Å². The number of fused-ring (bicyclic) bond motifs is 3. The van der Waals surface area contributed by atoms with Gasteiger partial charge >= 0.3 is 0 Å². The molecule has 5 heterocycles. The Morgan fingerprint density at radius 1 is 1.24 bits per heavy atom. The normalized spacial score (nSPS) is 39.0. The highest BCUT2D eigenvalue weighted by molar-refractivity contribution is 5.06. The lowest BCUT2D eigenvalue weighted by atomic mass is 10.0. The van der Waals surface area contributed by atoms with E-state index in [-0.39, 0.29) is 12.0 Å². The van der Waals surface area contributed by atoms with Crippen molar-refractivity contribution < 1.29 is 9.26 Å². The third kappa shape index (κ3) is 2.48. The Balaban J connectivity index is 1.50. The number of hydrogen-bond acceptors (Lipinski definition) is 7. The Kier molecular flexibility index (Phi) is 3.66. The summed E-state index contributed by atoms with van der Waals surface area (Å²) >= 11 is 0. The molecule has 0 radical (unpaired) electrons. The molecule has 21 heavy (non-hydrogen) atoms. The predicted molar refractivity (Wildman–Crippen MR) is 76.1 cm³/mol. The maximum absolute atomic E-state index is 5.57. The molecular formula is C14H23N5O2. The van der Waals surface area contributed by atoms with Gasteiger partial charge in [-0.1, -0.05) is 12.1 Å². The van der Waals surface area contributed by atoms with E-state index in [2.05, 4.69) is 27.2 Å². The summed E-state index contributed by atoms with van der Waals surface area (Å²) in [7, 11) is 0. The molecule has 4 aliphatic heterocycles. The number of aromatic nitrogens is 2. The summed E-state index contributed by atoms with van der Waals surface area (Å²) < 4.78 is 11.1. The molecule has 0 aliphatic carbocycles. The summed E-state index contributed by atoms with van der Waals surface area (Å²) in [5.41, 5.74) is 0. The van der Waals surface area contributed by atoms with Gasteiger partial charge in [-0.15, -0.1) is 0 Å². The van der Waals surface area contributed by atoms with Gasteiger partial charge in [-0.25, -0.2) is 0 Å². The summed E-state index contributed by atoms with van der Waals surface area (Å²) in [4.78, 5) is 9.66. The van der Waals surface area contributed by atoms with Crippen LogP contribution < -0.4 is 5.32 Å². The van der Waals surface area contributed by atoms with Crippen LogP contribution in [0.25, 0.3) is 0 Å². The fraction of sp³-hybridized carbons (Fsp3) is 0.857. The monoisotopic (exact) mass is 293 g/mol. The van der Waals surface area contributed by atoms with Gasteiger partial charge in [0.15, 0.2) is 5.82 Å². The van der Waals surface area contributed by atoms with Crippen LogP contribution in [-0.2, 0) is 4.74 Å². The molecule has 4 aliphatic rings. The van der Waals surface area contributed by atoms with Crippen molar-refractivity contribution in [2.24, 2.45) is 0 Å². The Bertz CT molecular complexity index is 485. The second kappa shape index (κ2) is 5.64. The third-order valence-electron chi connectivity index (χ3n) is 4.90. The van der Waals surface area contributed by atoms with Gasteiger partial charge in [-0.05, 0) is 6.54 Å². The molecule has 0 amide bonds. The zero-order valence-electron chi connectivity index (χ0n) is 12.5. The summed E-state index contributed by atoms with van der Waals surface area (Å²) in [5, 5.41) is 7.70. The van der Waals surface area contributed by atoms with Crippen LogP contribution in [0, 0.1) is 0 Å². The summed E-state index contributed by atoms with van der Waals surface area (Å²) in [6.45, 7) is 10.0. The molecule has 4 saturated heterocycles. The largest absolute Gasteiger partial charge is 0.379 e. The average Bonchev–Trinajstić information content (AvgIpc) is 3.17. The second-order valence-corrected chi connectivity index (χ2v) is 6.15. The van der Waals surface area contributed by atoms with Crippen LogP contribution >= 0.6 is 0 Å². The first-order valence-corrected chi connectivity index (χ1v) is 7.96. The van der Waals surface area contributed by atoms with Gasteiger partial charge in [-0.3, -0.25) is 9.80 Å². The molecule has 2 bridgehead atoms. The van der Waals surface area contributed by atoms with Crippen molar-refractivity contribution in [1.82, 2.24) is 25.3 Å². The molecule has 1 aromatic rings. The molecule has 0 saturated carbocycles. The number of piperazine rings is 3. The van der Waals surface area contributed by atoms with E-state index in [1.807, 2.05) is 0 Å². The van der Waals surface area contributed by atoms with Gasteiger partial charge in [0, 0.05) is 38.8 Å². The topological polar surface area (TPSA) is 66.7 Å². The van der Waals surface area contributed by atoms with Crippen molar-refractivity contribution in [3.8, 4) is 0 Å². The zero-order valence-corrected chi connectivity index (χ0v) is 12.5. The number of hydrogen-bond donors (Lipinski definition) is 1. The van der Waals surface area contributed by atoms with Crippen LogP contribution in [0.2, 0.25) is 0 Å². The van der Waals surface area contributed by atoms with E-state index in [4.69, 9.17) is 14.2 Å². The Labute approximate surface area is 124 Å². The third-order valence-corrected chi connectivity index (χ3v) is 4.90. The quantitative estimate of drug-likeness (QED) is 0.827. The van der Waals surface area contributed by atoms with E-state index < -0.39 is 0 Å². The molecule has 3 atom stereocenters. The minimum Gasteiger partial charge on any atom is -0.379 e. The van der Waals surface area contributed by atoms with Crippen molar-refractivity contribution in [3.63, 3.8) is 0 Å². The van der Waals surface area contributed by atoms with Crippen molar-refractivity contribution in [1.29, 1.82) is 0 Å². The Morgan fingerprint density at radius 3 is 2.81 bits per heavy atom. The molecule has 7 nitrogen and oxygen atoms in total. The molecule has 1 aromatic heterocycles. The zero-order chi connectivity index (χ0) is 14.2. The Hall–Kier alpha value is -1.02. The number of nitrogens with one attached hydrogen (secondary N) is 1. The SMILES string of the molecule is CCNC1COCC1c1nc(C2CN3CCN2CC3)no1. The van der Waals surface area contributed by atoms with Crippen LogP contribution in [0.5, 0.6) is 0 Å². The van der Waals surface area contributed by atoms with Gasteiger partial charge in [0.1, 0.15) is 0 Å². The van der Waals surface area contributed by atoms with Crippen LogP contribution in [0.15, 0.2) is 4.52 Å². The predicted octanol–water partition coefficient (Wildman–Crippen LogP) is -0.166. The number of rotatable bonds is 4. The number of nitrogens with zero attached hydrogens (tertiary/aromatic N) is 4. The first-order chi connectivity index (χ1) is 10.3. The first-order valence-electron chi connectivity index (χ1n) is 7.96. The molecular weight excluding hydrogens is 270 g/mol. The van der Waals surface area contributed by atoms with E-state index in [0.717, 1.165) is 44.5 Å². The van der Waals surface area contributed by atoms with Gasteiger partial charge in [0.25, 0.3) is 0 Å². The minimum absolute atomic E-state index is 0.183. The Morgan fingerprint density at radius 2 is 2.10 bits per heavy atom. The molecule has 5 rings (SSSR count). The number of likely N-dealkylation sites (N-methyl/N-ethyl adjacent to an activating group) is 1. The molecule has 7 heteroatoms.